The fourth-order valence-corrected chi connectivity index (χ4v) is 1.48. The van der Waals surface area contributed by atoms with E-state index < -0.39 is 6.10 Å². The van der Waals surface area contributed by atoms with Crippen molar-refractivity contribution in [2.24, 2.45) is 0 Å². The first-order chi connectivity index (χ1) is 6.70. The molecule has 0 bridgehead atoms. The molecular formula is C11H11NO2. The van der Waals surface area contributed by atoms with Crippen LogP contribution in [0, 0.1) is 0 Å². The third kappa shape index (κ3) is 1.32. The summed E-state index contributed by atoms with van der Waals surface area (Å²) in [5.74, 6) is 0.0677. The van der Waals surface area contributed by atoms with Crippen LogP contribution in [0.2, 0.25) is 0 Å². The van der Waals surface area contributed by atoms with Gasteiger partial charge in [0.2, 0.25) is 0 Å². The highest BCUT2D eigenvalue weighted by atomic mass is 16.3. The van der Waals surface area contributed by atoms with Crippen LogP contribution in [-0.4, -0.2) is 15.2 Å². The first-order valence-corrected chi connectivity index (χ1v) is 4.45. The number of pyridine rings is 1. The molecule has 2 aromatic rings. The topological polar surface area (TPSA) is 53.4 Å². The molecule has 0 saturated heterocycles. The molecule has 1 aromatic carbocycles. The molecule has 0 amide bonds. The molecule has 0 radical (unpaired) electrons. The van der Waals surface area contributed by atoms with Crippen LogP contribution in [0.4, 0.5) is 0 Å². The number of aliphatic hydroxyl groups is 1. The van der Waals surface area contributed by atoms with Crippen LogP contribution in [-0.2, 0) is 0 Å². The van der Waals surface area contributed by atoms with Crippen molar-refractivity contribution in [3.63, 3.8) is 0 Å². The van der Waals surface area contributed by atoms with Crippen LogP contribution < -0.4 is 0 Å². The fraction of sp³-hybridized carbons (Fsp3) is 0.182. The normalized spacial score (nSPS) is 13.0. The molecule has 1 aromatic heterocycles. The summed E-state index contributed by atoms with van der Waals surface area (Å²) in [7, 11) is 0. The zero-order valence-corrected chi connectivity index (χ0v) is 7.81. The third-order valence-electron chi connectivity index (χ3n) is 2.23. The average Bonchev–Trinajstić information content (AvgIpc) is 2.18. The van der Waals surface area contributed by atoms with Crippen molar-refractivity contribution in [1.29, 1.82) is 0 Å². The van der Waals surface area contributed by atoms with Gasteiger partial charge in [-0.25, -0.2) is 0 Å². The fourth-order valence-electron chi connectivity index (χ4n) is 1.48. The predicted octanol–water partition coefficient (Wildman–Crippen LogP) is 1.99. The van der Waals surface area contributed by atoms with Crippen molar-refractivity contribution < 1.29 is 10.2 Å². The molecular weight excluding hydrogens is 178 g/mol. The number of benzene rings is 1. The first kappa shape index (κ1) is 8.97. The average molecular weight is 189 g/mol. The smallest absolute Gasteiger partial charge is 0.147 e. The molecule has 0 aliphatic carbocycles. The first-order valence-electron chi connectivity index (χ1n) is 4.45. The Kier molecular flexibility index (Phi) is 2.09. The van der Waals surface area contributed by atoms with E-state index in [9.17, 15) is 10.2 Å². The van der Waals surface area contributed by atoms with Gasteiger partial charge in [-0.3, -0.25) is 4.98 Å². The number of aromatic nitrogens is 1. The Morgan fingerprint density at radius 2 is 2.07 bits per heavy atom. The number of fused-ring (bicyclic) bond motifs is 1. The zero-order valence-electron chi connectivity index (χ0n) is 7.81. The Labute approximate surface area is 81.7 Å². The van der Waals surface area contributed by atoms with Gasteiger partial charge in [-0.15, -0.1) is 0 Å². The van der Waals surface area contributed by atoms with Gasteiger partial charge in [0.05, 0.1) is 6.10 Å². The van der Waals surface area contributed by atoms with Crippen LogP contribution in [0.3, 0.4) is 0 Å². The van der Waals surface area contributed by atoms with E-state index in [0.717, 1.165) is 5.39 Å². The second kappa shape index (κ2) is 3.27. The number of hydrogen-bond donors (Lipinski definition) is 2. The molecule has 0 aliphatic rings. The third-order valence-corrected chi connectivity index (χ3v) is 2.23. The van der Waals surface area contributed by atoms with E-state index in [4.69, 9.17) is 0 Å². The van der Waals surface area contributed by atoms with Gasteiger partial charge < -0.3 is 10.2 Å². The maximum absolute atomic E-state index is 9.80. The van der Waals surface area contributed by atoms with Gasteiger partial charge in [-0.2, -0.15) is 0 Å². The highest BCUT2D eigenvalue weighted by Crippen LogP contribution is 2.30. The molecule has 0 spiro atoms. The molecule has 2 N–H and O–H groups in total. The van der Waals surface area contributed by atoms with Gasteiger partial charge in [0.25, 0.3) is 0 Å². The minimum absolute atomic E-state index is 0.0677. The predicted molar refractivity (Wildman–Crippen MR) is 54.0 cm³/mol. The van der Waals surface area contributed by atoms with Crippen LogP contribution in [0.25, 0.3) is 10.9 Å². The summed E-state index contributed by atoms with van der Waals surface area (Å²) in [6.45, 7) is 1.61. The lowest BCUT2D eigenvalue weighted by Crippen LogP contribution is -1.92. The maximum atomic E-state index is 9.80. The molecule has 14 heavy (non-hydrogen) atoms. The molecule has 1 atom stereocenters. The van der Waals surface area contributed by atoms with E-state index in [-0.39, 0.29) is 5.75 Å². The Morgan fingerprint density at radius 1 is 1.29 bits per heavy atom. The molecule has 0 saturated carbocycles. The Morgan fingerprint density at radius 3 is 2.79 bits per heavy atom. The molecule has 0 fully saturated rings. The Bertz CT molecular complexity index is 466. The van der Waals surface area contributed by atoms with E-state index in [1.54, 1.807) is 19.2 Å². The lowest BCUT2D eigenvalue weighted by Gasteiger charge is -2.08. The highest BCUT2D eigenvalue weighted by Gasteiger charge is 2.10. The van der Waals surface area contributed by atoms with Crippen LogP contribution >= 0.6 is 0 Å². The highest BCUT2D eigenvalue weighted by molar-refractivity contribution is 5.85. The number of phenolic OH excluding ortho intramolecular Hbond substituents is 1. The van der Waals surface area contributed by atoms with Crippen LogP contribution in [0.5, 0.6) is 5.75 Å². The summed E-state index contributed by atoms with van der Waals surface area (Å²) in [5.41, 5.74) is 1.04. The minimum atomic E-state index is -0.679. The molecule has 3 heteroatoms. The molecule has 2 rings (SSSR count). The summed E-state index contributed by atoms with van der Waals surface area (Å²) >= 11 is 0. The summed E-state index contributed by atoms with van der Waals surface area (Å²) in [6, 6.07) is 7.23. The number of aromatic hydroxyl groups is 1. The van der Waals surface area contributed by atoms with Crippen molar-refractivity contribution in [3.8, 4) is 5.75 Å². The van der Waals surface area contributed by atoms with Crippen LogP contribution in [0.1, 0.15) is 18.6 Å². The van der Waals surface area contributed by atoms with Gasteiger partial charge in [-0.05, 0) is 13.0 Å². The molecule has 0 aliphatic heterocycles. The van der Waals surface area contributed by atoms with E-state index >= 15 is 0 Å². The van der Waals surface area contributed by atoms with Crippen molar-refractivity contribution in [2.75, 3.05) is 0 Å². The van der Waals surface area contributed by atoms with Crippen molar-refractivity contribution in [3.05, 3.63) is 36.0 Å². The number of aliphatic hydroxyl groups excluding tert-OH is 1. The molecule has 3 nitrogen and oxygen atoms in total. The lowest BCUT2D eigenvalue weighted by atomic mass is 10.1. The summed E-state index contributed by atoms with van der Waals surface area (Å²) < 4.78 is 0. The lowest BCUT2D eigenvalue weighted by molar-refractivity contribution is 0.195. The number of phenols is 1. The molecule has 1 heterocycles. The van der Waals surface area contributed by atoms with Crippen molar-refractivity contribution in [2.45, 2.75) is 13.0 Å². The van der Waals surface area contributed by atoms with Crippen LogP contribution in [0.15, 0.2) is 30.5 Å². The maximum Gasteiger partial charge on any atom is 0.147 e. The van der Waals surface area contributed by atoms with E-state index in [2.05, 4.69) is 4.98 Å². The van der Waals surface area contributed by atoms with Gasteiger partial charge in [-0.1, -0.05) is 18.2 Å². The Hall–Kier alpha value is -1.61. The minimum Gasteiger partial charge on any atom is -0.505 e. The summed E-state index contributed by atoms with van der Waals surface area (Å²) in [6.07, 6.45) is 0.940. The number of nitrogens with zero attached hydrogens (tertiary/aromatic N) is 1. The number of rotatable bonds is 1. The largest absolute Gasteiger partial charge is 0.505 e. The number of hydrogen-bond acceptors (Lipinski definition) is 3. The molecule has 72 valence electrons. The Balaban J connectivity index is 2.75. The van der Waals surface area contributed by atoms with Gasteiger partial charge >= 0.3 is 0 Å². The summed E-state index contributed by atoms with van der Waals surface area (Å²) in [4.78, 5) is 4.06. The van der Waals surface area contributed by atoms with Gasteiger partial charge in [0, 0.05) is 17.1 Å². The quantitative estimate of drug-likeness (QED) is 0.721. The summed E-state index contributed by atoms with van der Waals surface area (Å²) in [5, 5.41) is 20.0. The second-order valence-electron chi connectivity index (χ2n) is 3.25. The monoisotopic (exact) mass is 189 g/mol. The van der Waals surface area contributed by atoms with Crippen molar-refractivity contribution >= 4 is 10.9 Å². The zero-order chi connectivity index (χ0) is 10.1. The van der Waals surface area contributed by atoms with E-state index in [1.807, 2.05) is 18.2 Å². The molecule has 1 unspecified atom stereocenters. The second-order valence-corrected chi connectivity index (χ2v) is 3.25. The van der Waals surface area contributed by atoms with E-state index in [0.29, 0.717) is 11.1 Å². The van der Waals surface area contributed by atoms with Crippen molar-refractivity contribution in [1.82, 2.24) is 4.98 Å². The standard InChI is InChI=1S/C11H11NO2/c1-7(13)9-5-4-8-3-2-6-12-10(8)11(9)14/h2-7,13-14H,1H3. The SMILES string of the molecule is CC(O)c1ccc2cccnc2c1O. The van der Waals surface area contributed by atoms with Gasteiger partial charge in [0.15, 0.2) is 0 Å². The van der Waals surface area contributed by atoms with Gasteiger partial charge in [0.1, 0.15) is 11.3 Å². The van der Waals surface area contributed by atoms with E-state index in [1.165, 1.54) is 0 Å².